The Morgan fingerprint density at radius 1 is 1.26 bits per heavy atom. The van der Waals surface area contributed by atoms with Crippen LogP contribution in [0, 0.1) is 0 Å². The van der Waals surface area contributed by atoms with E-state index >= 15 is 0 Å². The minimum absolute atomic E-state index is 0.659. The minimum atomic E-state index is 0.659. The van der Waals surface area contributed by atoms with Crippen molar-refractivity contribution in [2.45, 2.75) is 23.4 Å². The topological polar surface area (TPSA) is 59.9 Å². The lowest BCUT2D eigenvalue weighted by Gasteiger charge is -2.11. The lowest BCUT2D eigenvalue weighted by Crippen LogP contribution is -2.05. The number of hydrogen-bond acceptors (Lipinski definition) is 6. The maximum atomic E-state index is 5.41. The number of aromatic nitrogens is 3. The Labute approximate surface area is 116 Å². The number of anilines is 1. The Kier molecular flexibility index (Phi) is 4.97. The Morgan fingerprint density at radius 3 is 2.84 bits per heavy atom. The molecule has 6 heteroatoms. The molecule has 2 aromatic heterocycles. The van der Waals surface area contributed by atoms with Crippen molar-refractivity contribution in [1.82, 2.24) is 15.0 Å². The SMILES string of the molecule is CCCNc1ncnc(Sc2ccccn2)c1OC. The average Bonchev–Trinajstić information content (AvgIpc) is 2.46. The summed E-state index contributed by atoms with van der Waals surface area (Å²) < 4.78 is 5.41. The first kappa shape index (κ1) is 13.6. The number of nitrogens with zero attached hydrogens (tertiary/aromatic N) is 3. The van der Waals surface area contributed by atoms with Crippen LogP contribution in [0.4, 0.5) is 5.82 Å². The Balaban J connectivity index is 2.24. The summed E-state index contributed by atoms with van der Waals surface area (Å²) in [6.07, 6.45) is 4.31. The van der Waals surface area contributed by atoms with Crippen molar-refractivity contribution < 1.29 is 4.74 Å². The highest BCUT2D eigenvalue weighted by Gasteiger charge is 2.13. The molecule has 0 atom stereocenters. The predicted molar refractivity (Wildman–Crippen MR) is 75.7 cm³/mol. The lowest BCUT2D eigenvalue weighted by atomic mass is 10.4. The van der Waals surface area contributed by atoms with Gasteiger partial charge in [0.2, 0.25) is 0 Å². The molecule has 0 aliphatic carbocycles. The van der Waals surface area contributed by atoms with Crippen LogP contribution in [0.1, 0.15) is 13.3 Å². The smallest absolute Gasteiger partial charge is 0.194 e. The van der Waals surface area contributed by atoms with Gasteiger partial charge in [-0.15, -0.1) is 0 Å². The summed E-state index contributed by atoms with van der Waals surface area (Å²) in [5, 5.41) is 4.87. The maximum Gasteiger partial charge on any atom is 0.194 e. The molecule has 0 bridgehead atoms. The van der Waals surface area contributed by atoms with Gasteiger partial charge in [-0.1, -0.05) is 13.0 Å². The average molecular weight is 276 g/mol. The Hall–Kier alpha value is -1.82. The standard InChI is InChI=1S/C13H16N4OS/c1-3-7-15-12-11(18-2)13(17-9-16-12)19-10-6-4-5-8-14-10/h4-6,8-9H,3,7H2,1-2H3,(H,15,16,17). The van der Waals surface area contributed by atoms with E-state index < -0.39 is 0 Å². The van der Waals surface area contributed by atoms with Gasteiger partial charge in [0.05, 0.1) is 7.11 Å². The van der Waals surface area contributed by atoms with Gasteiger partial charge in [0, 0.05) is 12.7 Å². The third kappa shape index (κ3) is 3.57. The molecule has 0 fully saturated rings. The molecular formula is C13H16N4OS. The van der Waals surface area contributed by atoms with E-state index in [1.165, 1.54) is 18.1 Å². The second kappa shape index (κ2) is 6.94. The normalized spacial score (nSPS) is 10.2. The van der Waals surface area contributed by atoms with Crippen LogP contribution in [-0.2, 0) is 0 Å². The van der Waals surface area contributed by atoms with Gasteiger partial charge in [-0.2, -0.15) is 0 Å². The van der Waals surface area contributed by atoms with Crippen molar-refractivity contribution in [1.29, 1.82) is 0 Å². The van der Waals surface area contributed by atoms with Crippen molar-refractivity contribution >= 4 is 17.6 Å². The summed E-state index contributed by atoms with van der Waals surface area (Å²) in [4.78, 5) is 12.7. The van der Waals surface area contributed by atoms with Crippen molar-refractivity contribution in [3.63, 3.8) is 0 Å². The molecule has 100 valence electrons. The van der Waals surface area contributed by atoms with Gasteiger partial charge in [0.1, 0.15) is 16.4 Å². The van der Waals surface area contributed by atoms with Crippen molar-refractivity contribution in [2.24, 2.45) is 0 Å². The molecule has 2 rings (SSSR count). The molecule has 2 heterocycles. The van der Waals surface area contributed by atoms with E-state index in [1.54, 1.807) is 13.3 Å². The fraction of sp³-hybridized carbons (Fsp3) is 0.308. The zero-order valence-corrected chi connectivity index (χ0v) is 11.8. The van der Waals surface area contributed by atoms with Gasteiger partial charge < -0.3 is 10.1 Å². The van der Waals surface area contributed by atoms with Crippen LogP contribution in [0.15, 0.2) is 40.8 Å². The van der Waals surface area contributed by atoms with Crippen molar-refractivity contribution in [3.05, 3.63) is 30.7 Å². The molecule has 0 saturated heterocycles. The van der Waals surface area contributed by atoms with Crippen LogP contribution in [0.5, 0.6) is 5.75 Å². The molecule has 0 aliphatic heterocycles. The summed E-state index contributed by atoms with van der Waals surface area (Å²) in [6, 6.07) is 5.76. The zero-order chi connectivity index (χ0) is 13.5. The third-order valence-electron chi connectivity index (χ3n) is 2.36. The number of methoxy groups -OCH3 is 1. The summed E-state index contributed by atoms with van der Waals surface area (Å²) in [6.45, 7) is 2.95. The maximum absolute atomic E-state index is 5.41. The highest BCUT2D eigenvalue weighted by molar-refractivity contribution is 7.99. The molecule has 1 N–H and O–H groups in total. The number of pyridine rings is 1. The molecule has 5 nitrogen and oxygen atoms in total. The number of ether oxygens (including phenoxy) is 1. The molecule has 0 aromatic carbocycles. The molecule has 0 saturated carbocycles. The van der Waals surface area contributed by atoms with Crippen molar-refractivity contribution in [2.75, 3.05) is 19.0 Å². The van der Waals surface area contributed by atoms with Gasteiger partial charge in [-0.05, 0) is 30.3 Å². The summed E-state index contributed by atoms with van der Waals surface area (Å²) in [7, 11) is 1.62. The molecule has 0 spiro atoms. The number of rotatable bonds is 6. The predicted octanol–water partition coefficient (Wildman–Crippen LogP) is 2.85. The van der Waals surface area contributed by atoms with E-state index in [4.69, 9.17) is 4.74 Å². The second-order valence-electron chi connectivity index (χ2n) is 3.76. The largest absolute Gasteiger partial charge is 0.490 e. The Morgan fingerprint density at radius 2 is 2.16 bits per heavy atom. The van der Waals surface area contributed by atoms with Crippen molar-refractivity contribution in [3.8, 4) is 5.75 Å². The highest BCUT2D eigenvalue weighted by atomic mass is 32.2. The van der Waals surface area contributed by atoms with Crippen LogP contribution in [0.25, 0.3) is 0 Å². The van der Waals surface area contributed by atoms with Gasteiger partial charge in [0.15, 0.2) is 11.6 Å². The molecule has 0 aliphatic rings. The Bertz CT molecular complexity index is 521. The van der Waals surface area contributed by atoms with Crippen LogP contribution < -0.4 is 10.1 Å². The van der Waals surface area contributed by atoms with Crippen LogP contribution in [0.2, 0.25) is 0 Å². The molecule has 19 heavy (non-hydrogen) atoms. The van der Waals surface area contributed by atoms with E-state index in [9.17, 15) is 0 Å². The van der Waals surface area contributed by atoms with Crippen LogP contribution in [-0.4, -0.2) is 28.6 Å². The lowest BCUT2D eigenvalue weighted by molar-refractivity contribution is 0.400. The van der Waals surface area contributed by atoms with Gasteiger partial charge in [-0.25, -0.2) is 15.0 Å². The fourth-order valence-corrected chi connectivity index (χ4v) is 2.32. The van der Waals surface area contributed by atoms with E-state index in [-0.39, 0.29) is 0 Å². The highest BCUT2D eigenvalue weighted by Crippen LogP contribution is 2.35. The van der Waals surface area contributed by atoms with E-state index in [2.05, 4.69) is 27.2 Å². The fourth-order valence-electron chi connectivity index (χ4n) is 1.49. The first-order chi connectivity index (χ1) is 9.35. The molecule has 0 unspecified atom stereocenters. The molecule has 0 radical (unpaired) electrons. The monoisotopic (exact) mass is 276 g/mol. The molecule has 2 aromatic rings. The summed E-state index contributed by atoms with van der Waals surface area (Å²) in [5.74, 6) is 1.38. The molecule has 0 amide bonds. The van der Waals surface area contributed by atoms with E-state index in [0.29, 0.717) is 5.75 Å². The van der Waals surface area contributed by atoms with Gasteiger partial charge in [-0.3, -0.25) is 0 Å². The molecular weight excluding hydrogens is 260 g/mol. The minimum Gasteiger partial charge on any atom is -0.490 e. The van der Waals surface area contributed by atoms with Crippen LogP contribution in [0.3, 0.4) is 0 Å². The first-order valence-electron chi connectivity index (χ1n) is 6.07. The quantitative estimate of drug-likeness (QED) is 0.819. The number of nitrogens with one attached hydrogen (secondary N) is 1. The summed E-state index contributed by atoms with van der Waals surface area (Å²) >= 11 is 1.46. The summed E-state index contributed by atoms with van der Waals surface area (Å²) in [5.41, 5.74) is 0. The van der Waals surface area contributed by atoms with Gasteiger partial charge >= 0.3 is 0 Å². The first-order valence-corrected chi connectivity index (χ1v) is 6.88. The van der Waals surface area contributed by atoms with E-state index in [0.717, 1.165) is 28.8 Å². The zero-order valence-electron chi connectivity index (χ0n) is 11.0. The van der Waals surface area contributed by atoms with Crippen LogP contribution >= 0.6 is 11.8 Å². The number of hydrogen-bond donors (Lipinski definition) is 1. The van der Waals surface area contributed by atoms with E-state index in [1.807, 2.05) is 18.2 Å². The third-order valence-corrected chi connectivity index (χ3v) is 3.29. The van der Waals surface area contributed by atoms with Gasteiger partial charge in [0.25, 0.3) is 0 Å². The second-order valence-corrected chi connectivity index (χ2v) is 4.77.